The number of hydrogen-bond donors (Lipinski definition) is 1. The average molecular weight is 171 g/mol. The molecular weight excluding hydrogens is 167 g/mol. The molecule has 0 aliphatic rings. The molecule has 1 nitrogen and oxygen atoms in total. The van der Waals surface area contributed by atoms with Crippen LogP contribution in [0.15, 0.2) is 10.0 Å². The molecule has 0 bridgehead atoms. The zero-order chi connectivity index (χ0) is 4.99. The molecule has 0 saturated carbocycles. The fourth-order valence-electron chi connectivity index (χ4n) is 0.0345. The lowest BCUT2D eigenvalue weighted by atomic mass is 10.7. The molecule has 0 rings (SSSR count). The maximum absolute atomic E-state index is 8.14. The minimum atomic E-state index is -0.0243. The van der Waals surface area contributed by atoms with E-state index < -0.39 is 0 Å². The SMILES string of the molecule is OCC(Br)=CCl. The first-order valence-corrected chi connectivity index (χ1v) is 2.60. The Morgan fingerprint density at radius 1 is 2.00 bits per heavy atom. The van der Waals surface area contributed by atoms with Gasteiger partial charge in [-0.25, -0.2) is 0 Å². The van der Waals surface area contributed by atoms with Gasteiger partial charge < -0.3 is 5.11 Å². The molecule has 0 heterocycles. The average Bonchev–Trinajstić information content (AvgIpc) is 1.65. The van der Waals surface area contributed by atoms with Crippen molar-refractivity contribution in [2.75, 3.05) is 6.61 Å². The molecule has 6 heavy (non-hydrogen) atoms. The van der Waals surface area contributed by atoms with Gasteiger partial charge in [0.15, 0.2) is 0 Å². The third-order valence-electron chi connectivity index (χ3n) is 0.269. The Morgan fingerprint density at radius 2 is 2.50 bits per heavy atom. The van der Waals surface area contributed by atoms with Gasteiger partial charge in [-0.05, 0) is 0 Å². The van der Waals surface area contributed by atoms with Crippen molar-refractivity contribution in [1.29, 1.82) is 0 Å². The van der Waals surface area contributed by atoms with E-state index in [9.17, 15) is 0 Å². The summed E-state index contributed by atoms with van der Waals surface area (Å²) in [4.78, 5) is 0. The Morgan fingerprint density at radius 3 is 2.50 bits per heavy atom. The van der Waals surface area contributed by atoms with Crippen LogP contribution in [-0.4, -0.2) is 11.7 Å². The van der Waals surface area contributed by atoms with Crippen LogP contribution in [0.2, 0.25) is 0 Å². The van der Waals surface area contributed by atoms with Crippen molar-refractivity contribution in [2.24, 2.45) is 0 Å². The largest absolute Gasteiger partial charge is 0.391 e. The van der Waals surface area contributed by atoms with Crippen LogP contribution >= 0.6 is 27.5 Å². The Kier molecular flexibility index (Phi) is 3.94. The fourth-order valence-corrected chi connectivity index (χ4v) is 0.104. The van der Waals surface area contributed by atoms with Gasteiger partial charge >= 0.3 is 0 Å². The zero-order valence-electron chi connectivity index (χ0n) is 2.99. The van der Waals surface area contributed by atoms with E-state index in [1.54, 1.807) is 0 Å². The predicted molar refractivity (Wildman–Crippen MR) is 29.9 cm³/mol. The van der Waals surface area contributed by atoms with E-state index in [0.29, 0.717) is 4.48 Å². The summed E-state index contributed by atoms with van der Waals surface area (Å²) in [5.74, 6) is 0. The van der Waals surface area contributed by atoms with Crippen molar-refractivity contribution < 1.29 is 5.11 Å². The summed E-state index contributed by atoms with van der Waals surface area (Å²) in [6.07, 6.45) is 0. The normalized spacial score (nSPS) is 12.2. The van der Waals surface area contributed by atoms with Crippen LogP contribution in [0.1, 0.15) is 0 Å². The Labute approximate surface area is 49.7 Å². The van der Waals surface area contributed by atoms with Gasteiger partial charge in [0, 0.05) is 10.0 Å². The summed E-state index contributed by atoms with van der Waals surface area (Å²) < 4.78 is 0.601. The number of aliphatic hydroxyl groups excluding tert-OH is 1. The van der Waals surface area contributed by atoms with Crippen LogP contribution in [0.25, 0.3) is 0 Å². The van der Waals surface area contributed by atoms with E-state index in [4.69, 9.17) is 16.7 Å². The summed E-state index contributed by atoms with van der Waals surface area (Å²) in [5.41, 5.74) is 1.28. The molecule has 0 aromatic heterocycles. The molecule has 36 valence electrons. The highest BCUT2D eigenvalue weighted by molar-refractivity contribution is 9.11. The van der Waals surface area contributed by atoms with E-state index in [1.165, 1.54) is 5.54 Å². The van der Waals surface area contributed by atoms with Crippen molar-refractivity contribution >= 4 is 27.5 Å². The maximum Gasteiger partial charge on any atom is 0.0755 e. The van der Waals surface area contributed by atoms with E-state index in [2.05, 4.69) is 15.9 Å². The highest BCUT2D eigenvalue weighted by atomic mass is 79.9. The highest BCUT2D eigenvalue weighted by Gasteiger charge is 1.79. The van der Waals surface area contributed by atoms with Crippen LogP contribution in [0.3, 0.4) is 0 Å². The molecular formula is C3H4BrClO. The Hall–Kier alpha value is 0.470. The molecule has 0 spiro atoms. The molecule has 0 atom stereocenters. The number of halogens is 2. The predicted octanol–water partition coefficient (Wildman–Crippen LogP) is 1.45. The highest BCUT2D eigenvalue weighted by Crippen LogP contribution is 2.02. The van der Waals surface area contributed by atoms with Gasteiger partial charge in [0.1, 0.15) is 0 Å². The Balaban J connectivity index is 3.22. The van der Waals surface area contributed by atoms with Gasteiger partial charge in [0.25, 0.3) is 0 Å². The second-order valence-corrected chi connectivity index (χ2v) is 1.95. The minimum Gasteiger partial charge on any atom is -0.391 e. The first-order valence-electron chi connectivity index (χ1n) is 1.37. The molecule has 0 aromatic carbocycles. The van der Waals surface area contributed by atoms with E-state index in [-0.39, 0.29) is 6.61 Å². The van der Waals surface area contributed by atoms with Crippen molar-refractivity contribution in [3.05, 3.63) is 10.0 Å². The van der Waals surface area contributed by atoms with Gasteiger partial charge in [0.05, 0.1) is 6.61 Å². The third kappa shape index (κ3) is 2.69. The number of rotatable bonds is 1. The lowest BCUT2D eigenvalue weighted by Gasteiger charge is -1.80. The van der Waals surface area contributed by atoms with Crippen molar-refractivity contribution in [3.8, 4) is 0 Å². The lowest BCUT2D eigenvalue weighted by Crippen LogP contribution is -1.74. The summed E-state index contributed by atoms with van der Waals surface area (Å²) in [5, 5.41) is 8.14. The topological polar surface area (TPSA) is 20.2 Å². The van der Waals surface area contributed by atoms with E-state index in [1.807, 2.05) is 0 Å². The summed E-state index contributed by atoms with van der Waals surface area (Å²) in [6.45, 7) is -0.0243. The standard InChI is InChI=1S/C3H4BrClO/c4-3(1-5)2-6/h1,6H,2H2. The quantitative estimate of drug-likeness (QED) is 0.633. The lowest BCUT2D eigenvalue weighted by molar-refractivity contribution is 0.340. The first kappa shape index (κ1) is 6.47. The van der Waals surface area contributed by atoms with Crippen LogP contribution in [-0.2, 0) is 0 Å². The van der Waals surface area contributed by atoms with Crippen molar-refractivity contribution in [2.45, 2.75) is 0 Å². The molecule has 1 N–H and O–H groups in total. The van der Waals surface area contributed by atoms with E-state index in [0.717, 1.165) is 0 Å². The minimum absolute atomic E-state index is 0.0243. The maximum atomic E-state index is 8.14. The smallest absolute Gasteiger partial charge is 0.0755 e. The molecule has 0 aliphatic carbocycles. The van der Waals surface area contributed by atoms with Crippen molar-refractivity contribution in [1.82, 2.24) is 0 Å². The van der Waals surface area contributed by atoms with Crippen LogP contribution in [0.4, 0.5) is 0 Å². The fraction of sp³-hybridized carbons (Fsp3) is 0.333. The Bertz CT molecular complexity index is 61.8. The van der Waals surface area contributed by atoms with E-state index >= 15 is 0 Å². The van der Waals surface area contributed by atoms with Crippen LogP contribution in [0, 0.1) is 0 Å². The molecule has 0 fully saturated rings. The molecule has 0 radical (unpaired) electrons. The third-order valence-corrected chi connectivity index (χ3v) is 1.28. The molecule has 0 aliphatic heterocycles. The number of hydrogen-bond acceptors (Lipinski definition) is 1. The summed E-state index contributed by atoms with van der Waals surface area (Å²) >= 11 is 8.04. The monoisotopic (exact) mass is 170 g/mol. The second kappa shape index (κ2) is 3.65. The first-order chi connectivity index (χ1) is 2.81. The number of aliphatic hydroxyl groups is 1. The molecule has 0 saturated heterocycles. The van der Waals surface area contributed by atoms with Gasteiger partial charge in [-0.1, -0.05) is 27.5 Å². The molecule has 3 heteroatoms. The molecule has 0 amide bonds. The summed E-state index contributed by atoms with van der Waals surface area (Å²) in [7, 11) is 0. The molecule has 0 aromatic rings. The van der Waals surface area contributed by atoms with Gasteiger partial charge in [-0.15, -0.1) is 0 Å². The second-order valence-electron chi connectivity index (χ2n) is 0.714. The summed E-state index contributed by atoms with van der Waals surface area (Å²) in [6, 6.07) is 0. The van der Waals surface area contributed by atoms with Gasteiger partial charge in [-0.2, -0.15) is 0 Å². The zero-order valence-corrected chi connectivity index (χ0v) is 5.33. The van der Waals surface area contributed by atoms with Crippen molar-refractivity contribution in [3.63, 3.8) is 0 Å². The van der Waals surface area contributed by atoms with Gasteiger partial charge in [0.2, 0.25) is 0 Å². The van der Waals surface area contributed by atoms with Crippen LogP contribution in [0.5, 0.6) is 0 Å². The van der Waals surface area contributed by atoms with Gasteiger partial charge in [-0.3, -0.25) is 0 Å². The molecule has 0 unspecified atom stereocenters. The van der Waals surface area contributed by atoms with Crippen LogP contribution < -0.4 is 0 Å².